The Hall–Kier alpha value is -1.11. The van der Waals surface area contributed by atoms with Gasteiger partial charge in [0.1, 0.15) is 4.90 Å². The molecule has 0 aromatic heterocycles. The molecule has 0 atom stereocenters. The maximum Gasteiger partial charge on any atom is 0.242 e. The zero-order valence-electron chi connectivity index (χ0n) is 12.3. The van der Waals surface area contributed by atoms with Gasteiger partial charge in [-0.15, -0.1) is 0 Å². The quantitative estimate of drug-likeness (QED) is 0.835. The maximum atomic E-state index is 12.5. The van der Waals surface area contributed by atoms with Crippen molar-refractivity contribution in [2.75, 3.05) is 33.0 Å². The zero-order valence-corrected chi connectivity index (χ0v) is 13.1. The molecule has 20 heavy (non-hydrogen) atoms. The molecule has 0 saturated heterocycles. The van der Waals surface area contributed by atoms with Gasteiger partial charge in [-0.25, -0.2) is 13.1 Å². The van der Waals surface area contributed by atoms with Gasteiger partial charge in [-0.1, -0.05) is 12.1 Å². The molecule has 6 heteroatoms. The number of nitrogens with zero attached hydrogens (tertiary/aromatic N) is 1. The topological polar surface area (TPSA) is 61.4 Å². The van der Waals surface area contributed by atoms with Crippen LogP contribution in [0.5, 0.6) is 0 Å². The number of anilines is 1. The molecule has 0 bridgehead atoms. The van der Waals surface area contributed by atoms with Gasteiger partial charge in [0.25, 0.3) is 0 Å². The Kier molecular flexibility index (Phi) is 4.36. The van der Waals surface area contributed by atoms with E-state index in [-0.39, 0.29) is 5.54 Å². The second-order valence-corrected chi connectivity index (χ2v) is 7.28. The first-order valence-electron chi connectivity index (χ1n) is 6.85. The standard InChI is InChI=1S/C14H23N3O2S/c1-15-12-7-4-5-8-13(12)20(18,19)16-11-14(17(2)3)9-6-10-14/h4-5,7-8,15-16H,6,9-11H2,1-3H3. The predicted octanol–water partition coefficient (Wildman–Crippen LogP) is 1.49. The Bertz CT molecular complexity index is 566. The van der Waals surface area contributed by atoms with Crippen molar-refractivity contribution in [1.29, 1.82) is 0 Å². The number of hydrogen-bond acceptors (Lipinski definition) is 4. The molecule has 0 aliphatic heterocycles. The van der Waals surface area contributed by atoms with Crippen LogP contribution in [0.15, 0.2) is 29.2 Å². The summed E-state index contributed by atoms with van der Waals surface area (Å²) in [7, 11) is 2.26. The van der Waals surface area contributed by atoms with Gasteiger partial charge in [0.05, 0.1) is 5.69 Å². The summed E-state index contributed by atoms with van der Waals surface area (Å²) in [5.74, 6) is 0. The first kappa shape index (κ1) is 15.3. The summed E-state index contributed by atoms with van der Waals surface area (Å²) >= 11 is 0. The molecule has 1 aliphatic carbocycles. The Morgan fingerprint density at radius 3 is 2.40 bits per heavy atom. The molecule has 0 spiro atoms. The molecular weight excluding hydrogens is 274 g/mol. The van der Waals surface area contributed by atoms with E-state index in [0.717, 1.165) is 19.3 Å². The van der Waals surface area contributed by atoms with E-state index >= 15 is 0 Å². The molecule has 0 unspecified atom stereocenters. The van der Waals surface area contributed by atoms with E-state index < -0.39 is 10.0 Å². The van der Waals surface area contributed by atoms with E-state index in [1.165, 1.54) is 0 Å². The summed E-state index contributed by atoms with van der Waals surface area (Å²) in [6.07, 6.45) is 3.24. The Morgan fingerprint density at radius 2 is 1.90 bits per heavy atom. The van der Waals surface area contributed by atoms with Crippen LogP contribution >= 0.6 is 0 Å². The molecule has 0 heterocycles. The SMILES string of the molecule is CNc1ccccc1S(=O)(=O)NCC1(N(C)C)CCC1. The predicted molar refractivity (Wildman–Crippen MR) is 81.4 cm³/mol. The Morgan fingerprint density at radius 1 is 1.25 bits per heavy atom. The molecule has 1 aromatic rings. The van der Waals surface area contributed by atoms with Crippen LogP contribution in [0.4, 0.5) is 5.69 Å². The molecule has 2 rings (SSSR count). The average molecular weight is 297 g/mol. The first-order valence-corrected chi connectivity index (χ1v) is 8.33. The second-order valence-electron chi connectivity index (χ2n) is 5.54. The van der Waals surface area contributed by atoms with Gasteiger partial charge in [0, 0.05) is 19.1 Å². The van der Waals surface area contributed by atoms with Crippen molar-refractivity contribution in [1.82, 2.24) is 9.62 Å². The van der Waals surface area contributed by atoms with Crippen LogP contribution in [0.1, 0.15) is 19.3 Å². The lowest BCUT2D eigenvalue weighted by atomic mass is 9.76. The minimum absolute atomic E-state index is 0.0261. The third-order valence-corrected chi connectivity index (χ3v) is 5.73. The van der Waals surface area contributed by atoms with Gasteiger partial charge >= 0.3 is 0 Å². The second kappa shape index (κ2) is 5.71. The van der Waals surface area contributed by atoms with Gasteiger partial charge in [0.15, 0.2) is 0 Å². The van der Waals surface area contributed by atoms with Crippen LogP contribution in [-0.4, -0.2) is 46.5 Å². The first-order chi connectivity index (χ1) is 9.41. The highest BCUT2D eigenvalue weighted by Gasteiger charge is 2.39. The highest BCUT2D eigenvalue weighted by atomic mass is 32.2. The highest BCUT2D eigenvalue weighted by Crippen LogP contribution is 2.35. The summed E-state index contributed by atoms with van der Waals surface area (Å²) in [4.78, 5) is 2.43. The minimum atomic E-state index is -3.49. The van der Waals surface area contributed by atoms with Gasteiger partial charge in [-0.2, -0.15) is 0 Å². The van der Waals surface area contributed by atoms with Crippen molar-refractivity contribution in [2.45, 2.75) is 29.7 Å². The number of rotatable bonds is 6. The fraction of sp³-hybridized carbons (Fsp3) is 0.571. The molecule has 2 N–H and O–H groups in total. The molecule has 112 valence electrons. The summed E-state index contributed by atoms with van der Waals surface area (Å²) in [6, 6.07) is 6.94. The molecule has 0 radical (unpaired) electrons. The lowest BCUT2D eigenvalue weighted by Gasteiger charge is -2.47. The highest BCUT2D eigenvalue weighted by molar-refractivity contribution is 7.89. The fourth-order valence-corrected chi connectivity index (χ4v) is 3.91. The van der Waals surface area contributed by atoms with Gasteiger partial charge < -0.3 is 10.2 Å². The number of para-hydroxylation sites is 1. The lowest BCUT2D eigenvalue weighted by molar-refractivity contribution is 0.0657. The molecule has 1 fully saturated rings. The van der Waals surface area contributed by atoms with E-state index in [1.807, 2.05) is 20.2 Å². The van der Waals surface area contributed by atoms with Gasteiger partial charge in [0.2, 0.25) is 10.0 Å². The van der Waals surface area contributed by atoms with Crippen LogP contribution in [0, 0.1) is 0 Å². The third-order valence-electron chi connectivity index (χ3n) is 4.27. The van der Waals surface area contributed by atoms with E-state index in [2.05, 4.69) is 14.9 Å². The number of benzene rings is 1. The van der Waals surface area contributed by atoms with Crippen LogP contribution in [-0.2, 0) is 10.0 Å². The zero-order chi connectivity index (χ0) is 14.8. The summed E-state index contributed by atoms with van der Waals surface area (Å²) in [5, 5.41) is 2.92. The molecule has 0 amide bonds. The van der Waals surface area contributed by atoms with E-state index in [1.54, 1.807) is 25.2 Å². The summed E-state index contributed by atoms with van der Waals surface area (Å²) in [5.41, 5.74) is 0.592. The number of sulfonamides is 1. The summed E-state index contributed by atoms with van der Waals surface area (Å²) < 4.78 is 27.7. The van der Waals surface area contributed by atoms with E-state index in [4.69, 9.17) is 0 Å². The van der Waals surface area contributed by atoms with Crippen molar-refractivity contribution < 1.29 is 8.42 Å². The maximum absolute atomic E-state index is 12.5. The largest absolute Gasteiger partial charge is 0.387 e. The average Bonchev–Trinajstić information content (AvgIpc) is 2.37. The van der Waals surface area contributed by atoms with Crippen LogP contribution in [0.2, 0.25) is 0 Å². The Labute approximate surface area is 121 Å². The molecule has 1 aromatic carbocycles. The Balaban J connectivity index is 2.16. The molecule has 1 aliphatic rings. The molecule has 5 nitrogen and oxygen atoms in total. The minimum Gasteiger partial charge on any atom is -0.387 e. The number of likely N-dealkylation sites (N-methyl/N-ethyl adjacent to an activating group) is 1. The van der Waals surface area contributed by atoms with Crippen LogP contribution in [0.25, 0.3) is 0 Å². The smallest absolute Gasteiger partial charge is 0.242 e. The monoisotopic (exact) mass is 297 g/mol. The van der Waals surface area contributed by atoms with Crippen LogP contribution in [0.3, 0.4) is 0 Å². The van der Waals surface area contributed by atoms with Crippen molar-refractivity contribution >= 4 is 15.7 Å². The molecular formula is C14H23N3O2S. The summed E-state index contributed by atoms with van der Waals surface area (Å²) in [6.45, 7) is 0.459. The van der Waals surface area contributed by atoms with Crippen molar-refractivity contribution in [3.63, 3.8) is 0 Å². The number of nitrogens with one attached hydrogen (secondary N) is 2. The third kappa shape index (κ3) is 2.82. The van der Waals surface area contributed by atoms with Crippen molar-refractivity contribution in [3.05, 3.63) is 24.3 Å². The van der Waals surface area contributed by atoms with Crippen LogP contribution < -0.4 is 10.0 Å². The fourth-order valence-electron chi connectivity index (χ4n) is 2.58. The van der Waals surface area contributed by atoms with E-state index in [0.29, 0.717) is 17.1 Å². The van der Waals surface area contributed by atoms with Crippen molar-refractivity contribution in [2.24, 2.45) is 0 Å². The van der Waals surface area contributed by atoms with Gasteiger partial charge in [-0.05, 0) is 45.5 Å². The lowest BCUT2D eigenvalue weighted by Crippen LogP contribution is -2.57. The van der Waals surface area contributed by atoms with E-state index in [9.17, 15) is 8.42 Å². The number of hydrogen-bond donors (Lipinski definition) is 2. The normalized spacial score (nSPS) is 17.8. The van der Waals surface area contributed by atoms with Gasteiger partial charge in [-0.3, -0.25) is 0 Å². The van der Waals surface area contributed by atoms with Crippen molar-refractivity contribution in [3.8, 4) is 0 Å². The molecule has 1 saturated carbocycles.